The number of esters is 1. The van der Waals surface area contributed by atoms with Crippen LogP contribution in [0.3, 0.4) is 0 Å². The maximum Gasteiger partial charge on any atom is 0.308 e. The van der Waals surface area contributed by atoms with Gasteiger partial charge >= 0.3 is 5.97 Å². The molecule has 96 valence electrons. The molecule has 1 unspecified atom stereocenters. The Balaban J connectivity index is 3.83. The minimum absolute atomic E-state index is 0.0334. The zero-order chi connectivity index (χ0) is 12.8. The standard InChI is InChI=1S/C11H23NO4/c1-10(2,15-4)5-6-16-9(13)7-11(3,14)8-12/h14H,5-8,12H2,1-4H3. The number of aliphatic hydroxyl groups is 1. The number of hydrogen-bond acceptors (Lipinski definition) is 5. The number of ether oxygens (including phenoxy) is 2. The van der Waals surface area contributed by atoms with Gasteiger partial charge in [-0.1, -0.05) is 0 Å². The molecule has 0 heterocycles. The van der Waals surface area contributed by atoms with Crippen molar-refractivity contribution < 1.29 is 19.4 Å². The minimum atomic E-state index is -1.19. The first-order chi connectivity index (χ1) is 7.22. The molecule has 0 bridgehead atoms. The number of nitrogens with two attached hydrogens (primary N) is 1. The van der Waals surface area contributed by atoms with Crippen molar-refractivity contribution >= 4 is 5.97 Å². The quantitative estimate of drug-likeness (QED) is 0.624. The van der Waals surface area contributed by atoms with Gasteiger partial charge < -0.3 is 20.3 Å². The van der Waals surface area contributed by atoms with Crippen LogP contribution in [0.5, 0.6) is 0 Å². The number of rotatable bonds is 7. The van der Waals surface area contributed by atoms with Crippen molar-refractivity contribution in [1.29, 1.82) is 0 Å². The van der Waals surface area contributed by atoms with Crippen LogP contribution in [0.1, 0.15) is 33.6 Å². The first kappa shape index (κ1) is 15.3. The van der Waals surface area contributed by atoms with E-state index in [0.717, 1.165) is 0 Å². The van der Waals surface area contributed by atoms with Gasteiger partial charge in [0.25, 0.3) is 0 Å². The van der Waals surface area contributed by atoms with Gasteiger partial charge in [-0.25, -0.2) is 0 Å². The Kier molecular flexibility index (Phi) is 5.92. The molecule has 0 aromatic rings. The summed E-state index contributed by atoms with van der Waals surface area (Å²) in [6.45, 7) is 5.65. The molecule has 0 spiro atoms. The fraction of sp³-hybridized carbons (Fsp3) is 0.909. The fourth-order valence-electron chi connectivity index (χ4n) is 0.947. The average Bonchev–Trinajstić information content (AvgIpc) is 2.17. The summed E-state index contributed by atoms with van der Waals surface area (Å²) in [6, 6.07) is 0. The van der Waals surface area contributed by atoms with Crippen LogP contribution >= 0.6 is 0 Å². The molecule has 5 nitrogen and oxygen atoms in total. The summed E-state index contributed by atoms with van der Waals surface area (Å²) in [5.41, 5.74) is 3.80. The Hall–Kier alpha value is -0.650. The maximum atomic E-state index is 11.3. The zero-order valence-corrected chi connectivity index (χ0v) is 10.6. The number of carbonyl (C=O) groups excluding carboxylic acids is 1. The van der Waals surface area contributed by atoms with E-state index in [1.807, 2.05) is 13.8 Å². The van der Waals surface area contributed by atoms with Crippen LogP contribution in [0, 0.1) is 0 Å². The maximum absolute atomic E-state index is 11.3. The van der Waals surface area contributed by atoms with Crippen molar-refractivity contribution in [3.05, 3.63) is 0 Å². The summed E-state index contributed by atoms with van der Waals surface area (Å²) in [5.74, 6) is -0.442. The summed E-state index contributed by atoms with van der Waals surface area (Å²) in [5, 5.41) is 9.55. The van der Waals surface area contributed by atoms with Crippen molar-refractivity contribution in [2.75, 3.05) is 20.3 Å². The molecule has 1 atom stereocenters. The van der Waals surface area contributed by atoms with Crippen molar-refractivity contribution in [3.63, 3.8) is 0 Å². The van der Waals surface area contributed by atoms with Gasteiger partial charge in [0.2, 0.25) is 0 Å². The third kappa shape index (κ3) is 6.76. The summed E-state index contributed by atoms with van der Waals surface area (Å²) < 4.78 is 10.2. The van der Waals surface area contributed by atoms with Gasteiger partial charge in [-0.3, -0.25) is 4.79 Å². The van der Waals surface area contributed by atoms with E-state index in [1.165, 1.54) is 6.92 Å². The molecular formula is C11H23NO4. The molecule has 5 heteroatoms. The Morgan fingerprint density at radius 1 is 1.38 bits per heavy atom. The Morgan fingerprint density at radius 3 is 2.38 bits per heavy atom. The lowest BCUT2D eigenvalue weighted by atomic mass is 10.0. The molecule has 0 fully saturated rings. The lowest BCUT2D eigenvalue weighted by Gasteiger charge is -2.23. The van der Waals surface area contributed by atoms with Crippen LogP contribution in [0.15, 0.2) is 0 Å². The summed E-state index contributed by atoms with van der Waals surface area (Å²) in [4.78, 5) is 11.3. The highest BCUT2D eigenvalue weighted by Gasteiger charge is 2.24. The fourth-order valence-corrected chi connectivity index (χ4v) is 0.947. The molecule has 0 radical (unpaired) electrons. The van der Waals surface area contributed by atoms with Gasteiger partial charge in [-0.05, 0) is 20.8 Å². The lowest BCUT2D eigenvalue weighted by Crippen LogP contribution is -2.37. The Bertz CT molecular complexity index is 226. The van der Waals surface area contributed by atoms with Crippen LogP contribution in [-0.4, -0.2) is 42.5 Å². The molecule has 0 amide bonds. The molecule has 0 saturated carbocycles. The third-order valence-corrected chi connectivity index (χ3v) is 2.48. The average molecular weight is 233 g/mol. The third-order valence-electron chi connectivity index (χ3n) is 2.48. The van der Waals surface area contributed by atoms with Crippen LogP contribution < -0.4 is 5.73 Å². The van der Waals surface area contributed by atoms with Gasteiger partial charge in [0.15, 0.2) is 0 Å². The summed E-state index contributed by atoms with van der Waals surface area (Å²) in [7, 11) is 1.61. The van der Waals surface area contributed by atoms with E-state index in [-0.39, 0.29) is 25.2 Å². The van der Waals surface area contributed by atoms with Crippen LogP contribution in [-0.2, 0) is 14.3 Å². The molecule has 0 saturated heterocycles. The van der Waals surface area contributed by atoms with Gasteiger partial charge in [0.05, 0.1) is 24.2 Å². The first-order valence-electron chi connectivity index (χ1n) is 5.36. The summed E-state index contributed by atoms with van der Waals surface area (Å²) >= 11 is 0. The molecule has 0 aliphatic rings. The van der Waals surface area contributed by atoms with Crippen molar-refractivity contribution in [1.82, 2.24) is 0 Å². The van der Waals surface area contributed by atoms with Crippen molar-refractivity contribution in [2.24, 2.45) is 5.73 Å². The van der Waals surface area contributed by atoms with Crippen LogP contribution in [0.25, 0.3) is 0 Å². The molecule has 0 rings (SSSR count). The van der Waals surface area contributed by atoms with Gasteiger partial charge in [0.1, 0.15) is 0 Å². The second-order valence-corrected chi connectivity index (χ2v) is 4.81. The first-order valence-corrected chi connectivity index (χ1v) is 5.36. The van der Waals surface area contributed by atoms with Crippen molar-refractivity contribution in [2.45, 2.75) is 44.8 Å². The topological polar surface area (TPSA) is 81.8 Å². The van der Waals surface area contributed by atoms with E-state index in [4.69, 9.17) is 15.2 Å². The second kappa shape index (κ2) is 6.18. The van der Waals surface area contributed by atoms with Gasteiger partial charge in [-0.15, -0.1) is 0 Å². The van der Waals surface area contributed by atoms with E-state index in [1.54, 1.807) is 7.11 Å². The molecule has 0 aliphatic carbocycles. The number of methoxy groups -OCH3 is 1. The normalized spacial score (nSPS) is 15.6. The molecule has 0 aliphatic heterocycles. The lowest BCUT2D eigenvalue weighted by molar-refractivity contribution is -0.149. The predicted octanol–water partition coefficient (Wildman–Crippen LogP) is 0.445. The van der Waals surface area contributed by atoms with Gasteiger partial charge in [0, 0.05) is 20.1 Å². The Morgan fingerprint density at radius 2 is 1.94 bits per heavy atom. The molecule has 0 aromatic carbocycles. The van der Waals surface area contributed by atoms with E-state index in [2.05, 4.69) is 0 Å². The number of carbonyl (C=O) groups is 1. The predicted molar refractivity (Wildman–Crippen MR) is 61.0 cm³/mol. The van der Waals surface area contributed by atoms with E-state index in [0.29, 0.717) is 6.42 Å². The summed E-state index contributed by atoms with van der Waals surface area (Å²) in [6.07, 6.45) is 0.525. The van der Waals surface area contributed by atoms with Crippen LogP contribution in [0.2, 0.25) is 0 Å². The van der Waals surface area contributed by atoms with Crippen LogP contribution in [0.4, 0.5) is 0 Å². The Labute approximate surface area is 96.9 Å². The largest absolute Gasteiger partial charge is 0.465 e. The molecular weight excluding hydrogens is 210 g/mol. The van der Waals surface area contributed by atoms with E-state index < -0.39 is 11.6 Å². The number of hydrogen-bond donors (Lipinski definition) is 2. The molecule has 16 heavy (non-hydrogen) atoms. The van der Waals surface area contributed by atoms with Gasteiger partial charge in [-0.2, -0.15) is 0 Å². The highest BCUT2D eigenvalue weighted by atomic mass is 16.5. The smallest absolute Gasteiger partial charge is 0.308 e. The van der Waals surface area contributed by atoms with E-state index in [9.17, 15) is 9.90 Å². The van der Waals surface area contributed by atoms with Crippen molar-refractivity contribution in [3.8, 4) is 0 Å². The molecule has 3 N–H and O–H groups in total. The SMILES string of the molecule is COC(C)(C)CCOC(=O)CC(C)(O)CN. The zero-order valence-electron chi connectivity index (χ0n) is 10.6. The van der Waals surface area contributed by atoms with E-state index >= 15 is 0 Å². The second-order valence-electron chi connectivity index (χ2n) is 4.81. The highest BCUT2D eigenvalue weighted by molar-refractivity contribution is 5.70. The molecule has 0 aromatic heterocycles. The highest BCUT2D eigenvalue weighted by Crippen LogP contribution is 2.13. The monoisotopic (exact) mass is 233 g/mol. The minimum Gasteiger partial charge on any atom is -0.465 e.